The monoisotopic (exact) mass is 446 g/mol. The van der Waals surface area contributed by atoms with Crippen LogP contribution < -0.4 is 0 Å². The molecule has 1 amide bonds. The topological polar surface area (TPSA) is 76.8 Å². The molecule has 0 radical (unpaired) electrons. The van der Waals surface area contributed by atoms with Gasteiger partial charge in [-0.3, -0.25) is 14.5 Å². The van der Waals surface area contributed by atoms with Gasteiger partial charge in [0.2, 0.25) is 5.91 Å². The van der Waals surface area contributed by atoms with Crippen molar-refractivity contribution in [1.29, 1.82) is 0 Å². The van der Waals surface area contributed by atoms with E-state index in [-0.39, 0.29) is 11.9 Å². The molecule has 1 atom stereocenters. The second-order valence-electron chi connectivity index (χ2n) is 8.94. The molecule has 3 aromatic rings. The Bertz CT molecular complexity index is 1110. The highest BCUT2D eigenvalue weighted by molar-refractivity contribution is 5.77. The van der Waals surface area contributed by atoms with Crippen LogP contribution in [0.5, 0.6) is 0 Å². The molecular formula is C26H34N6O. The lowest BCUT2D eigenvalue weighted by Gasteiger charge is -2.36. The number of likely N-dealkylation sites (tertiary alicyclic amines) is 1. The molecule has 0 aliphatic carbocycles. The molecule has 0 bridgehead atoms. The van der Waals surface area contributed by atoms with Crippen LogP contribution in [0.15, 0.2) is 30.7 Å². The van der Waals surface area contributed by atoms with Crippen LogP contribution in [-0.2, 0) is 17.8 Å². The Morgan fingerprint density at radius 3 is 2.64 bits per heavy atom. The van der Waals surface area contributed by atoms with Crippen molar-refractivity contribution in [2.45, 2.75) is 78.8 Å². The van der Waals surface area contributed by atoms with Crippen molar-refractivity contribution in [3.8, 4) is 11.1 Å². The lowest BCUT2D eigenvalue weighted by atomic mass is 9.93. The van der Waals surface area contributed by atoms with Crippen LogP contribution in [0.1, 0.15) is 73.5 Å². The highest BCUT2D eigenvalue weighted by Gasteiger charge is 2.31. The summed E-state index contributed by atoms with van der Waals surface area (Å²) < 4.78 is 1.97. The number of hydrogen-bond acceptors (Lipinski definition) is 5. The van der Waals surface area contributed by atoms with Crippen molar-refractivity contribution in [2.75, 3.05) is 6.54 Å². The average Bonchev–Trinajstić information content (AvgIpc) is 3.09. The molecule has 1 aliphatic heterocycles. The zero-order valence-electron chi connectivity index (χ0n) is 20.2. The summed E-state index contributed by atoms with van der Waals surface area (Å²) in [5, 5.41) is 4.61. The number of carbonyl (C=O) groups is 1. The lowest BCUT2D eigenvalue weighted by molar-refractivity contribution is -0.135. The van der Waals surface area contributed by atoms with Gasteiger partial charge in [-0.05, 0) is 69.7 Å². The van der Waals surface area contributed by atoms with E-state index in [1.54, 1.807) is 12.4 Å². The molecular weight excluding hydrogens is 412 g/mol. The number of pyridine rings is 1. The minimum Gasteiger partial charge on any atom is -0.334 e. The molecule has 4 heterocycles. The van der Waals surface area contributed by atoms with Gasteiger partial charge in [-0.15, -0.1) is 0 Å². The minimum atomic E-state index is -0.0322. The highest BCUT2D eigenvalue weighted by Crippen LogP contribution is 2.36. The summed E-state index contributed by atoms with van der Waals surface area (Å²) in [6.45, 7) is 9.68. The third-order valence-corrected chi connectivity index (χ3v) is 6.75. The second kappa shape index (κ2) is 10.2. The van der Waals surface area contributed by atoms with Crippen LogP contribution >= 0.6 is 0 Å². The maximum atomic E-state index is 13.4. The summed E-state index contributed by atoms with van der Waals surface area (Å²) in [5.41, 5.74) is 6.37. The van der Waals surface area contributed by atoms with Crippen molar-refractivity contribution in [1.82, 2.24) is 29.6 Å². The van der Waals surface area contributed by atoms with Crippen molar-refractivity contribution in [3.05, 3.63) is 59.2 Å². The fourth-order valence-corrected chi connectivity index (χ4v) is 4.65. The van der Waals surface area contributed by atoms with Crippen LogP contribution in [-0.4, -0.2) is 42.1 Å². The molecule has 0 unspecified atom stereocenters. The van der Waals surface area contributed by atoms with E-state index in [0.29, 0.717) is 13.0 Å². The first-order valence-corrected chi connectivity index (χ1v) is 12.1. The molecule has 7 nitrogen and oxygen atoms in total. The van der Waals surface area contributed by atoms with Crippen molar-refractivity contribution < 1.29 is 4.79 Å². The van der Waals surface area contributed by atoms with Gasteiger partial charge in [-0.1, -0.05) is 6.92 Å². The molecule has 0 N–H and O–H groups in total. The summed E-state index contributed by atoms with van der Waals surface area (Å²) in [6, 6.07) is 3.94. The van der Waals surface area contributed by atoms with Gasteiger partial charge in [0.1, 0.15) is 5.82 Å². The molecule has 7 heteroatoms. The fourth-order valence-electron chi connectivity index (χ4n) is 4.65. The molecule has 0 spiro atoms. The number of nitrogens with zero attached hydrogens (tertiary/aromatic N) is 6. The molecule has 174 valence electrons. The number of aromatic nitrogens is 5. The SMILES string of the molecule is CCCc1ncc(-c2ccncc2)c([C@@H]2CCCCN2C(=O)CCn2nc(C)c(C)c2C)n1. The molecule has 33 heavy (non-hydrogen) atoms. The molecule has 0 saturated carbocycles. The van der Waals surface area contributed by atoms with Gasteiger partial charge in [-0.2, -0.15) is 5.10 Å². The van der Waals surface area contributed by atoms with E-state index in [1.165, 1.54) is 5.56 Å². The Kier molecular flexibility index (Phi) is 7.16. The Balaban J connectivity index is 1.62. The van der Waals surface area contributed by atoms with E-state index in [2.05, 4.69) is 35.8 Å². The summed E-state index contributed by atoms with van der Waals surface area (Å²) in [7, 11) is 0. The first-order chi connectivity index (χ1) is 16.0. The van der Waals surface area contributed by atoms with E-state index in [1.807, 2.05) is 34.8 Å². The zero-order chi connectivity index (χ0) is 23.4. The van der Waals surface area contributed by atoms with Crippen LogP contribution in [0.4, 0.5) is 0 Å². The summed E-state index contributed by atoms with van der Waals surface area (Å²) in [5.74, 6) is 1.02. The van der Waals surface area contributed by atoms with E-state index >= 15 is 0 Å². The van der Waals surface area contributed by atoms with Gasteiger partial charge in [0, 0.05) is 55.8 Å². The van der Waals surface area contributed by atoms with Crippen LogP contribution in [0.25, 0.3) is 11.1 Å². The second-order valence-corrected chi connectivity index (χ2v) is 8.94. The minimum absolute atomic E-state index is 0.0322. The average molecular weight is 447 g/mol. The maximum Gasteiger partial charge on any atom is 0.225 e. The van der Waals surface area contributed by atoms with Crippen LogP contribution in [0, 0.1) is 20.8 Å². The van der Waals surface area contributed by atoms with E-state index in [9.17, 15) is 4.79 Å². The molecule has 0 aromatic carbocycles. The van der Waals surface area contributed by atoms with E-state index in [4.69, 9.17) is 4.98 Å². The van der Waals surface area contributed by atoms with Gasteiger partial charge in [-0.25, -0.2) is 9.97 Å². The predicted molar refractivity (Wildman–Crippen MR) is 129 cm³/mol. The van der Waals surface area contributed by atoms with Crippen molar-refractivity contribution in [2.24, 2.45) is 0 Å². The van der Waals surface area contributed by atoms with Crippen molar-refractivity contribution in [3.63, 3.8) is 0 Å². The first-order valence-electron chi connectivity index (χ1n) is 12.1. The normalized spacial score (nSPS) is 16.2. The lowest BCUT2D eigenvalue weighted by Crippen LogP contribution is -2.39. The van der Waals surface area contributed by atoms with E-state index < -0.39 is 0 Å². The highest BCUT2D eigenvalue weighted by atomic mass is 16.2. The van der Waals surface area contributed by atoms with E-state index in [0.717, 1.165) is 72.7 Å². The van der Waals surface area contributed by atoms with Gasteiger partial charge < -0.3 is 4.90 Å². The molecule has 4 rings (SSSR count). The standard InChI is InChI=1S/C26H34N6O/c1-5-8-24-28-17-22(21-10-13-27-14-11-21)26(29-24)23-9-6-7-15-31(23)25(33)12-16-32-20(4)18(2)19(3)30-32/h10-11,13-14,17,23H,5-9,12,15-16H2,1-4H3/t23-/m0/s1. The Hall–Kier alpha value is -3.09. The molecule has 1 fully saturated rings. The fraction of sp³-hybridized carbons (Fsp3) is 0.500. The smallest absolute Gasteiger partial charge is 0.225 e. The van der Waals surface area contributed by atoms with Crippen molar-refractivity contribution >= 4 is 5.91 Å². The first kappa shape index (κ1) is 23.1. The number of aryl methyl sites for hydroxylation is 3. The number of amides is 1. The summed E-state index contributed by atoms with van der Waals surface area (Å²) in [4.78, 5) is 29.3. The maximum absolute atomic E-state index is 13.4. The third-order valence-electron chi connectivity index (χ3n) is 6.75. The molecule has 3 aromatic heterocycles. The Labute approximate surface area is 196 Å². The molecule has 1 aliphatic rings. The van der Waals surface area contributed by atoms with Crippen LogP contribution in [0.2, 0.25) is 0 Å². The predicted octanol–water partition coefficient (Wildman–Crippen LogP) is 4.76. The van der Waals surface area contributed by atoms with Gasteiger partial charge in [0.25, 0.3) is 0 Å². The summed E-state index contributed by atoms with van der Waals surface area (Å²) in [6.07, 6.45) is 10.8. The van der Waals surface area contributed by atoms with Crippen LogP contribution in [0.3, 0.4) is 0 Å². The van der Waals surface area contributed by atoms with Gasteiger partial charge in [0.15, 0.2) is 0 Å². The van der Waals surface area contributed by atoms with Gasteiger partial charge in [0.05, 0.1) is 17.4 Å². The summed E-state index contributed by atoms with van der Waals surface area (Å²) >= 11 is 0. The Morgan fingerprint density at radius 2 is 1.94 bits per heavy atom. The molecule has 1 saturated heterocycles. The third kappa shape index (κ3) is 4.97. The zero-order valence-corrected chi connectivity index (χ0v) is 20.2. The van der Waals surface area contributed by atoms with Gasteiger partial charge >= 0.3 is 0 Å². The number of carbonyl (C=O) groups excluding carboxylic acids is 1. The quantitative estimate of drug-likeness (QED) is 0.523. The number of hydrogen-bond donors (Lipinski definition) is 0. The number of rotatable bonds is 7. The number of piperidine rings is 1. The largest absolute Gasteiger partial charge is 0.334 e. The Morgan fingerprint density at radius 1 is 1.15 bits per heavy atom.